The van der Waals surface area contributed by atoms with Crippen LogP contribution in [0.3, 0.4) is 0 Å². The summed E-state index contributed by atoms with van der Waals surface area (Å²) in [6.07, 6.45) is 7.83. The molecule has 5 nitrogen and oxygen atoms in total. The molecule has 2 aromatic rings. The zero-order valence-electron chi connectivity index (χ0n) is 11.8. The fourth-order valence-electron chi connectivity index (χ4n) is 2.60. The van der Waals surface area contributed by atoms with Crippen molar-refractivity contribution in [3.63, 3.8) is 0 Å². The van der Waals surface area contributed by atoms with Crippen LogP contribution in [0, 0.1) is 0 Å². The third-order valence-corrected chi connectivity index (χ3v) is 3.73. The summed E-state index contributed by atoms with van der Waals surface area (Å²) in [5.41, 5.74) is 1.31. The molecule has 3 rings (SSSR count). The molecule has 0 atom stereocenters. The highest BCUT2D eigenvalue weighted by atomic mass is 16.3. The van der Waals surface area contributed by atoms with Crippen LogP contribution in [0.5, 0.6) is 0 Å². The monoisotopic (exact) mass is 285 g/mol. The van der Waals surface area contributed by atoms with Crippen molar-refractivity contribution < 1.29 is 9.21 Å². The highest BCUT2D eigenvalue weighted by Gasteiger charge is 2.18. The van der Waals surface area contributed by atoms with Crippen molar-refractivity contribution in [3.8, 4) is 0 Å². The maximum Gasteiger partial charge on any atom is 0.270 e. The molecule has 110 valence electrons. The fraction of sp³-hybridized carbons (Fsp3) is 0.375. The molecule has 0 spiro atoms. The number of aromatic nitrogens is 1. The maximum absolute atomic E-state index is 12.2. The number of hydrogen-bond acceptors (Lipinski definition) is 4. The lowest BCUT2D eigenvalue weighted by atomic mass is 10.2. The number of pyridine rings is 1. The molecule has 0 radical (unpaired) electrons. The first-order valence-corrected chi connectivity index (χ1v) is 7.34. The quantitative estimate of drug-likeness (QED) is 0.886. The standard InChI is InChI=1S/C16H19N3O2/c20-16(19-12-4-1-2-5-12)15-10-13(7-8-17-15)18-11-14-6-3-9-21-14/h3,6-10,12H,1-2,4-5,11H2,(H,17,18)(H,19,20). The third kappa shape index (κ3) is 3.62. The summed E-state index contributed by atoms with van der Waals surface area (Å²) < 4.78 is 5.26. The van der Waals surface area contributed by atoms with Gasteiger partial charge in [-0.1, -0.05) is 12.8 Å². The van der Waals surface area contributed by atoms with Crippen LogP contribution in [0.25, 0.3) is 0 Å². The Labute approximate surface area is 123 Å². The van der Waals surface area contributed by atoms with Gasteiger partial charge < -0.3 is 15.1 Å². The number of rotatable bonds is 5. The van der Waals surface area contributed by atoms with Crippen LogP contribution in [0.2, 0.25) is 0 Å². The first-order valence-electron chi connectivity index (χ1n) is 7.34. The Balaban J connectivity index is 1.60. The van der Waals surface area contributed by atoms with Gasteiger partial charge in [-0.3, -0.25) is 9.78 Å². The van der Waals surface area contributed by atoms with E-state index >= 15 is 0 Å². The minimum atomic E-state index is -0.0939. The highest BCUT2D eigenvalue weighted by molar-refractivity contribution is 5.93. The normalized spacial score (nSPS) is 15.0. The van der Waals surface area contributed by atoms with Crippen molar-refractivity contribution in [3.05, 3.63) is 48.2 Å². The molecular formula is C16H19N3O2. The van der Waals surface area contributed by atoms with Gasteiger partial charge in [-0.2, -0.15) is 0 Å². The molecule has 2 N–H and O–H groups in total. The minimum absolute atomic E-state index is 0.0939. The van der Waals surface area contributed by atoms with Gasteiger partial charge in [0.05, 0.1) is 12.8 Å². The van der Waals surface area contributed by atoms with Crippen LogP contribution in [0.1, 0.15) is 41.9 Å². The van der Waals surface area contributed by atoms with Crippen LogP contribution < -0.4 is 10.6 Å². The average molecular weight is 285 g/mol. The third-order valence-electron chi connectivity index (χ3n) is 3.73. The Morgan fingerprint density at radius 3 is 2.95 bits per heavy atom. The highest BCUT2D eigenvalue weighted by Crippen LogP contribution is 2.18. The molecule has 1 saturated carbocycles. The number of furan rings is 1. The number of hydrogen-bond donors (Lipinski definition) is 2. The molecule has 1 fully saturated rings. The average Bonchev–Trinajstić information content (AvgIpc) is 3.19. The van der Waals surface area contributed by atoms with Crippen molar-refractivity contribution in [2.75, 3.05) is 5.32 Å². The summed E-state index contributed by atoms with van der Waals surface area (Å²) in [7, 11) is 0. The smallest absolute Gasteiger partial charge is 0.270 e. The van der Waals surface area contributed by atoms with E-state index in [1.807, 2.05) is 18.2 Å². The number of nitrogens with zero attached hydrogens (tertiary/aromatic N) is 1. The Morgan fingerprint density at radius 1 is 1.33 bits per heavy atom. The Kier molecular flexibility index (Phi) is 4.19. The van der Waals surface area contributed by atoms with E-state index in [1.165, 1.54) is 12.8 Å². The summed E-state index contributed by atoms with van der Waals surface area (Å²) in [4.78, 5) is 16.3. The molecule has 1 aliphatic rings. The Hall–Kier alpha value is -2.30. The SMILES string of the molecule is O=C(NC1CCCC1)c1cc(NCc2ccco2)ccn1. The fourth-order valence-corrected chi connectivity index (χ4v) is 2.60. The van der Waals surface area contributed by atoms with Gasteiger partial charge in [0.25, 0.3) is 5.91 Å². The lowest BCUT2D eigenvalue weighted by Gasteiger charge is -2.12. The molecule has 5 heteroatoms. The van der Waals surface area contributed by atoms with E-state index in [0.717, 1.165) is 24.3 Å². The van der Waals surface area contributed by atoms with Crippen LogP contribution in [-0.2, 0) is 6.54 Å². The predicted octanol–water partition coefficient (Wildman–Crippen LogP) is 2.96. The van der Waals surface area contributed by atoms with Crippen LogP contribution in [-0.4, -0.2) is 16.9 Å². The second kappa shape index (κ2) is 6.43. The van der Waals surface area contributed by atoms with Gasteiger partial charge in [0.2, 0.25) is 0 Å². The lowest BCUT2D eigenvalue weighted by molar-refractivity contribution is 0.0933. The number of anilines is 1. The minimum Gasteiger partial charge on any atom is -0.467 e. The van der Waals surface area contributed by atoms with E-state index in [9.17, 15) is 4.79 Å². The van der Waals surface area contributed by atoms with Gasteiger partial charge in [0.15, 0.2) is 0 Å². The molecule has 2 heterocycles. The van der Waals surface area contributed by atoms with Gasteiger partial charge in [-0.05, 0) is 37.1 Å². The molecule has 0 unspecified atom stereocenters. The first-order chi connectivity index (χ1) is 10.3. The number of carbonyl (C=O) groups is 1. The topological polar surface area (TPSA) is 67.2 Å². The van der Waals surface area contributed by atoms with E-state index < -0.39 is 0 Å². The second-order valence-electron chi connectivity index (χ2n) is 5.32. The Bertz CT molecular complexity index is 589. The van der Waals surface area contributed by atoms with E-state index in [0.29, 0.717) is 18.3 Å². The van der Waals surface area contributed by atoms with Crippen molar-refractivity contribution in [2.45, 2.75) is 38.3 Å². The number of amides is 1. The second-order valence-corrected chi connectivity index (χ2v) is 5.32. The maximum atomic E-state index is 12.2. The number of nitrogens with one attached hydrogen (secondary N) is 2. The van der Waals surface area contributed by atoms with E-state index in [4.69, 9.17) is 4.42 Å². The zero-order chi connectivity index (χ0) is 14.5. The van der Waals surface area contributed by atoms with Gasteiger partial charge in [0, 0.05) is 17.9 Å². The first kappa shape index (κ1) is 13.7. The summed E-state index contributed by atoms with van der Waals surface area (Å²) in [5.74, 6) is 0.757. The lowest BCUT2D eigenvalue weighted by Crippen LogP contribution is -2.33. The molecule has 0 bridgehead atoms. The van der Waals surface area contributed by atoms with Gasteiger partial charge in [0.1, 0.15) is 11.5 Å². The molecule has 2 aromatic heterocycles. The zero-order valence-corrected chi connectivity index (χ0v) is 11.8. The van der Waals surface area contributed by atoms with E-state index in [2.05, 4.69) is 15.6 Å². The molecule has 21 heavy (non-hydrogen) atoms. The largest absolute Gasteiger partial charge is 0.467 e. The summed E-state index contributed by atoms with van der Waals surface area (Å²) in [6.45, 7) is 0.584. The predicted molar refractivity (Wildman–Crippen MR) is 80.0 cm³/mol. The molecular weight excluding hydrogens is 266 g/mol. The Morgan fingerprint density at radius 2 is 2.19 bits per heavy atom. The molecule has 1 aliphatic carbocycles. The van der Waals surface area contributed by atoms with Gasteiger partial charge >= 0.3 is 0 Å². The molecule has 0 saturated heterocycles. The van der Waals surface area contributed by atoms with Gasteiger partial charge in [-0.25, -0.2) is 0 Å². The summed E-state index contributed by atoms with van der Waals surface area (Å²) in [6, 6.07) is 7.67. The van der Waals surface area contributed by atoms with Crippen LogP contribution in [0.15, 0.2) is 41.1 Å². The van der Waals surface area contributed by atoms with Gasteiger partial charge in [-0.15, -0.1) is 0 Å². The summed E-state index contributed by atoms with van der Waals surface area (Å²) >= 11 is 0. The summed E-state index contributed by atoms with van der Waals surface area (Å²) in [5, 5.41) is 6.27. The van der Waals surface area contributed by atoms with Crippen LogP contribution in [0.4, 0.5) is 5.69 Å². The van der Waals surface area contributed by atoms with Crippen molar-refractivity contribution in [1.82, 2.24) is 10.3 Å². The molecule has 1 amide bonds. The molecule has 0 aromatic carbocycles. The van der Waals surface area contributed by atoms with Crippen molar-refractivity contribution in [2.24, 2.45) is 0 Å². The van der Waals surface area contributed by atoms with Crippen molar-refractivity contribution in [1.29, 1.82) is 0 Å². The van der Waals surface area contributed by atoms with Crippen LogP contribution >= 0.6 is 0 Å². The number of carbonyl (C=O) groups excluding carboxylic acids is 1. The molecule has 0 aliphatic heterocycles. The van der Waals surface area contributed by atoms with E-state index in [1.54, 1.807) is 18.5 Å². The van der Waals surface area contributed by atoms with Crippen molar-refractivity contribution >= 4 is 11.6 Å². The van der Waals surface area contributed by atoms with E-state index in [-0.39, 0.29) is 5.91 Å².